The Labute approximate surface area is 234 Å². The van der Waals surface area contributed by atoms with E-state index in [-0.39, 0.29) is 18.6 Å². The second-order valence-corrected chi connectivity index (χ2v) is 10.3. The van der Waals surface area contributed by atoms with Gasteiger partial charge in [-0.1, -0.05) is 12.1 Å². The Morgan fingerprint density at radius 1 is 0.950 bits per heavy atom. The van der Waals surface area contributed by atoms with Gasteiger partial charge in [-0.3, -0.25) is 33.3 Å². The molecule has 18 heteroatoms. The minimum Gasteiger partial charge on any atom is -0.481 e. The van der Waals surface area contributed by atoms with Crippen LogP contribution in [0, 0.1) is 0 Å². The summed E-state index contributed by atoms with van der Waals surface area (Å²) in [5.41, 5.74) is 5.41. The molecule has 0 aliphatic heterocycles. The van der Waals surface area contributed by atoms with Crippen LogP contribution in [0.15, 0.2) is 24.3 Å². The van der Waals surface area contributed by atoms with E-state index in [1.807, 2.05) is 0 Å². The molecule has 8 N–H and O–H groups in total. The van der Waals surface area contributed by atoms with Gasteiger partial charge in [-0.05, 0) is 36.1 Å². The number of benzene rings is 1. The third-order valence-electron chi connectivity index (χ3n) is 4.95. The summed E-state index contributed by atoms with van der Waals surface area (Å²) < 4.78 is 35.0. The third-order valence-corrected chi connectivity index (χ3v) is 6.00. The predicted octanol–water partition coefficient (Wildman–Crippen LogP) is -2.29. The van der Waals surface area contributed by atoms with Gasteiger partial charge in [0.15, 0.2) is 0 Å². The lowest BCUT2D eigenvalue weighted by molar-refractivity contribution is -0.141. The molecule has 0 aliphatic rings. The highest BCUT2D eigenvalue weighted by molar-refractivity contribution is 7.98. The number of rotatable bonds is 17. The Hall–Kier alpha value is -3.90. The minimum atomic E-state index is -4.78. The number of aliphatic carboxylic acids is 1. The third kappa shape index (κ3) is 13.8. The normalized spacial score (nSPS) is 13.2. The molecule has 3 atom stereocenters. The van der Waals surface area contributed by atoms with E-state index >= 15 is 0 Å². The molecule has 40 heavy (non-hydrogen) atoms. The number of amides is 5. The van der Waals surface area contributed by atoms with Crippen LogP contribution < -0.4 is 31.2 Å². The first-order chi connectivity index (χ1) is 18.6. The molecule has 0 radical (unpaired) electrons. The maximum atomic E-state index is 13.3. The number of carbonyl (C=O) groups excluding carboxylic acids is 5. The molecule has 0 heterocycles. The van der Waals surface area contributed by atoms with Crippen molar-refractivity contribution in [2.75, 3.05) is 18.6 Å². The molecule has 0 saturated heterocycles. The van der Waals surface area contributed by atoms with E-state index in [0.717, 1.165) is 6.92 Å². The van der Waals surface area contributed by atoms with E-state index in [1.54, 1.807) is 6.26 Å². The van der Waals surface area contributed by atoms with Gasteiger partial charge in [0.05, 0.1) is 13.0 Å². The molecule has 16 nitrogen and oxygen atoms in total. The lowest BCUT2D eigenvalue weighted by Crippen LogP contribution is -2.57. The van der Waals surface area contributed by atoms with Crippen molar-refractivity contribution in [2.24, 2.45) is 5.73 Å². The first-order valence-corrected chi connectivity index (χ1v) is 14.3. The molecule has 1 aromatic carbocycles. The highest BCUT2D eigenvalue weighted by Gasteiger charge is 2.30. The van der Waals surface area contributed by atoms with Gasteiger partial charge in [-0.15, -0.1) is 0 Å². The molecular formula is C22H31N5O11S2. The summed E-state index contributed by atoms with van der Waals surface area (Å²) in [5.74, 6) is -5.27. The van der Waals surface area contributed by atoms with Crippen molar-refractivity contribution in [1.82, 2.24) is 21.3 Å². The van der Waals surface area contributed by atoms with Crippen LogP contribution in [0.3, 0.4) is 0 Å². The van der Waals surface area contributed by atoms with Gasteiger partial charge in [0.25, 0.3) is 0 Å². The number of carboxylic acids is 1. The Bertz CT molecular complexity index is 1180. The molecule has 0 spiro atoms. The van der Waals surface area contributed by atoms with Crippen LogP contribution in [0.2, 0.25) is 0 Å². The molecule has 0 aromatic heterocycles. The zero-order valence-corrected chi connectivity index (χ0v) is 23.2. The predicted molar refractivity (Wildman–Crippen MR) is 141 cm³/mol. The van der Waals surface area contributed by atoms with Gasteiger partial charge < -0.3 is 36.3 Å². The van der Waals surface area contributed by atoms with Crippen molar-refractivity contribution in [1.29, 1.82) is 0 Å². The number of nitrogens with one attached hydrogen (secondary N) is 4. The molecular weight excluding hydrogens is 574 g/mol. The molecule has 5 amide bonds. The molecule has 0 saturated carbocycles. The smallest absolute Gasteiger partial charge is 0.446 e. The Morgan fingerprint density at radius 2 is 1.52 bits per heavy atom. The van der Waals surface area contributed by atoms with E-state index in [0.29, 0.717) is 11.3 Å². The van der Waals surface area contributed by atoms with E-state index in [2.05, 4.69) is 25.5 Å². The highest BCUT2D eigenvalue weighted by Crippen LogP contribution is 2.15. The summed E-state index contributed by atoms with van der Waals surface area (Å²) in [6.45, 7) is 0.597. The van der Waals surface area contributed by atoms with Crippen LogP contribution in [-0.4, -0.2) is 90.3 Å². The fraction of sp³-hybridized carbons (Fsp3) is 0.455. The average Bonchev–Trinajstić information content (AvgIpc) is 2.83. The lowest BCUT2D eigenvalue weighted by Gasteiger charge is -2.25. The van der Waals surface area contributed by atoms with Gasteiger partial charge in [-0.25, -0.2) is 0 Å². The summed E-state index contributed by atoms with van der Waals surface area (Å²) in [6.07, 6.45) is 0.894. The number of nitrogens with two attached hydrogens (primary N) is 1. The molecule has 222 valence electrons. The van der Waals surface area contributed by atoms with Gasteiger partial charge in [0.1, 0.15) is 23.9 Å². The van der Waals surface area contributed by atoms with Crippen LogP contribution >= 0.6 is 11.8 Å². The molecule has 0 fully saturated rings. The number of hydrogen-bond donors (Lipinski definition) is 7. The average molecular weight is 606 g/mol. The van der Waals surface area contributed by atoms with E-state index < -0.39 is 77.0 Å². The minimum absolute atomic E-state index is 0.146. The Kier molecular flexibility index (Phi) is 13.9. The number of primary amides is 1. The topological polar surface area (TPSA) is 260 Å². The zero-order chi connectivity index (χ0) is 30.5. The van der Waals surface area contributed by atoms with Crippen molar-refractivity contribution in [3.63, 3.8) is 0 Å². The van der Waals surface area contributed by atoms with E-state index in [1.165, 1.54) is 36.0 Å². The van der Waals surface area contributed by atoms with Gasteiger partial charge in [0, 0.05) is 13.3 Å². The van der Waals surface area contributed by atoms with Crippen LogP contribution in [0.1, 0.15) is 25.3 Å². The van der Waals surface area contributed by atoms with Crippen LogP contribution in [-0.2, 0) is 45.6 Å². The zero-order valence-electron chi connectivity index (χ0n) is 21.5. The van der Waals surface area contributed by atoms with Crippen molar-refractivity contribution in [3.8, 4) is 5.75 Å². The van der Waals surface area contributed by atoms with E-state index in [4.69, 9.17) is 15.4 Å². The summed E-state index contributed by atoms with van der Waals surface area (Å²) >= 11 is 1.38. The number of thioether (sulfide) groups is 1. The molecule has 0 aliphatic carbocycles. The monoisotopic (exact) mass is 605 g/mol. The summed E-state index contributed by atoms with van der Waals surface area (Å²) in [4.78, 5) is 72.5. The standard InChI is InChI=1S/C22H31N5O11S2/c1-12(28)25-17(10-19(30)31)22(34)27-16(9-13-3-5-14(6-4-13)38-40(35,36)37)21(33)26-15(7-8-39-2)20(32)24-11-18(23)29/h3-6,15-17H,7-11H2,1-2H3,(H2,23,29)(H,24,32)(H,25,28)(H,26,33)(H,27,34)(H,30,31)(H,35,36,37)/t15-,16-,17-/m0/s1. The maximum Gasteiger partial charge on any atom is 0.446 e. The summed E-state index contributed by atoms with van der Waals surface area (Å²) in [7, 11) is -4.78. The highest BCUT2D eigenvalue weighted by atomic mass is 32.3. The van der Waals surface area contributed by atoms with Crippen molar-refractivity contribution < 1.29 is 51.0 Å². The number of carboxylic acid groups (broad SMARTS) is 1. The first kappa shape index (κ1) is 34.1. The van der Waals surface area contributed by atoms with Crippen LogP contribution in [0.25, 0.3) is 0 Å². The SMILES string of the molecule is CSCC[C@H](NC(=O)[C@H](Cc1ccc(OS(=O)(=O)O)cc1)NC(=O)[C@H](CC(=O)O)NC(C)=O)C(=O)NCC(N)=O. The van der Waals surface area contributed by atoms with Crippen LogP contribution in [0.5, 0.6) is 5.75 Å². The van der Waals surface area contributed by atoms with Crippen molar-refractivity contribution in [2.45, 2.75) is 44.3 Å². The Morgan fingerprint density at radius 3 is 2.02 bits per heavy atom. The number of carbonyl (C=O) groups is 6. The molecule has 0 unspecified atom stereocenters. The molecule has 0 bridgehead atoms. The largest absolute Gasteiger partial charge is 0.481 e. The Balaban J connectivity index is 3.25. The summed E-state index contributed by atoms with van der Waals surface area (Å²) in [6, 6.07) is 0.940. The lowest BCUT2D eigenvalue weighted by atomic mass is 10.0. The van der Waals surface area contributed by atoms with Gasteiger partial charge in [-0.2, -0.15) is 20.2 Å². The fourth-order valence-electron chi connectivity index (χ4n) is 3.22. The summed E-state index contributed by atoms with van der Waals surface area (Å²) in [5, 5.41) is 18.5. The number of hydrogen-bond acceptors (Lipinski definition) is 10. The second-order valence-electron chi connectivity index (χ2n) is 8.30. The quantitative estimate of drug-likeness (QED) is 0.0926. The molecule has 1 rings (SSSR count). The van der Waals surface area contributed by atoms with Gasteiger partial charge >= 0.3 is 16.4 Å². The first-order valence-electron chi connectivity index (χ1n) is 11.5. The fourth-order valence-corrected chi connectivity index (χ4v) is 4.05. The van der Waals surface area contributed by atoms with Crippen LogP contribution in [0.4, 0.5) is 0 Å². The van der Waals surface area contributed by atoms with E-state index in [9.17, 15) is 37.2 Å². The molecule has 1 aromatic rings. The van der Waals surface area contributed by atoms with Gasteiger partial charge in [0.2, 0.25) is 29.5 Å². The van der Waals surface area contributed by atoms with Crippen molar-refractivity contribution >= 4 is 57.7 Å². The maximum absolute atomic E-state index is 13.3. The van der Waals surface area contributed by atoms with Crippen molar-refractivity contribution in [3.05, 3.63) is 29.8 Å². The second kappa shape index (κ2) is 16.3.